The lowest BCUT2D eigenvalue weighted by Gasteiger charge is -2.17. The van der Waals surface area contributed by atoms with E-state index in [1.54, 1.807) is 0 Å². The molecule has 1 rings (SSSR count). The van der Waals surface area contributed by atoms with Crippen molar-refractivity contribution in [1.82, 2.24) is 9.55 Å². The average molecular weight is 241 g/mol. The fourth-order valence-electron chi connectivity index (χ4n) is 1.08. The smallest absolute Gasteiger partial charge is 0.351 e. The van der Waals surface area contributed by atoms with Crippen molar-refractivity contribution in [1.29, 1.82) is 0 Å². The molecule has 0 saturated heterocycles. The monoisotopic (exact) mass is 241 g/mol. The standard InChI is InChI=1S/C9H11N3O5/c10-7-1-2-12(9(16)11-7)8(5-15)17-6(3-13)4-14/h1-3,5-6,8,14H,4H2,(H2,10,11,16)/t6-,8-/m1/s1. The van der Waals surface area contributed by atoms with Gasteiger partial charge in [0.2, 0.25) is 0 Å². The van der Waals surface area contributed by atoms with Gasteiger partial charge in [-0.15, -0.1) is 0 Å². The predicted molar refractivity (Wildman–Crippen MR) is 56.0 cm³/mol. The predicted octanol–water partition coefficient (Wildman–Crippen LogP) is -1.90. The zero-order valence-corrected chi connectivity index (χ0v) is 8.72. The van der Waals surface area contributed by atoms with Gasteiger partial charge in [-0.2, -0.15) is 4.98 Å². The number of anilines is 1. The van der Waals surface area contributed by atoms with E-state index in [1.165, 1.54) is 12.3 Å². The van der Waals surface area contributed by atoms with Gasteiger partial charge in [0, 0.05) is 6.20 Å². The molecule has 1 aromatic heterocycles. The number of carbonyl (C=O) groups is 2. The van der Waals surface area contributed by atoms with Crippen molar-refractivity contribution in [3.8, 4) is 0 Å². The minimum Gasteiger partial charge on any atom is -0.393 e. The fourth-order valence-corrected chi connectivity index (χ4v) is 1.08. The molecule has 3 N–H and O–H groups in total. The molecule has 17 heavy (non-hydrogen) atoms. The summed E-state index contributed by atoms with van der Waals surface area (Å²) < 4.78 is 5.76. The number of nitrogens with two attached hydrogens (primary N) is 1. The molecule has 0 aromatic carbocycles. The number of rotatable bonds is 6. The Morgan fingerprint density at radius 3 is 2.71 bits per heavy atom. The molecule has 0 unspecified atom stereocenters. The summed E-state index contributed by atoms with van der Waals surface area (Å²) in [5, 5.41) is 8.74. The quantitative estimate of drug-likeness (QED) is 0.557. The Kier molecular flexibility index (Phi) is 4.49. The third kappa shape index (κ3) is 3.20. The van der Waals surface area contributed by atoms with Crippen molar-refractivity contribution < 1.29 is 19.4 Å². The van der Waals surface area contributed by atoms with E-state index in [9.17, 15) is 14.4 Å². The second-order valence-corrected chi connectivity index (χ2v) is 3.06. The second kappa shape index (κ2) is 5.87. The number of aromatic nitrogens is 2. The van der Waals surface area contributed by atoms with E-state index < -0.39 is 24.6 Å². The molecule has 0 aliphatic heterocycles. The van der Waals surface area contributed by atoms with E-state index in [0.717, 1.165) is 4.57 Å². The molecule has 0 saturated carbocycles. The van der Waals surface area contributed by atoms with Crippen molar-refractivity contribution in [2.24, 2.45) is 0 Å². The number of hydrogen-bond acceptors (Lipinski definition) is 7. The van der Waals surface area contributed by atoms with Crippen LogP contribution in [0.25, 0.3) is 0 Å². The van der Waals surface area contributed by atoms with Crippen LogP contribution in [0.2, 0.25) is 0 Å². The number of nitrogen functional groups attached to an aromatic ring is 1. The maximum absolute atomic E-state index is 11.4. The molecule has 8 heteroatoms. The molecule has 1 aromatic rings. The van der Waals surface area contributed by atoms with E-state index in [-0.39, 0.29) is 5.82 Å². The molecule has 0 amide bonds. The van der Waals surface area contributed by atoms with Crippen LogP contribution in [0.15, 0.2) is 17.1 Å². The van der Waals surface area contributed by atoms with Crippen LogP contribution < -0.4 is 11.4 Å². The van der Waals surface area contributed by atoms with Gasteiger partial charge in [0.25, 0.3) is 0 Å². The SMILES string of the molecule is Nc1ccn([C@@H](C=O)O[C@H](C=O)CO)c(=O)n1. The van der Waals surface area contributed by atoms with Crippen molar-refractivity contribution in [2.75, 3.05) is 12.3 Å². The molecule has 0 bridgehead atoms. The van der Waals surface area contributed by atoms with Crippen LogP contribution >= 0.6 is 0 Å². The van der Waals surface area contributed by atoms with Crippen LogP contribution in [-0.4, -0.2) is 39.9 Å². The Morgan fingerprint density at radius 1 is 1.53 bits per heavy atom. The maximum atomic E-state index is 11.4. The first-order valence-corrected chi connectivity index (χ1v) is 4.64. The van der Waals surface area contributed by atoms with E-state index in [4.69, 9.17) is 15.6 Å². The highest BCUT2D eigenvalue weighted by molar-refractivity contribution is 5.58. The summed E-state index contributed by atoms with van der Waals surface area (Å²) >= 11 is 0. The van der Waals surface area contributed by atoms with Gasteiger partial charge in [-0.1, -0.05) is 0 Å². The van der Waals surface area contributed by atoms with Crippen molar-refractivity contribution in [3.05, 3.63) is 22.7 Å². The Balaban J connectivity index is 2.97. The summed E-state index contributed by atoms with van der Waals surface area (Å²) in [5.74, 6) is 0.00462. The number of carbonyl (C=O) groups excluding carboxylic acids is 2. The number of nitrogens with zero attached hydrogens (tertiary/aromatic N) is 2. The van der Waals surface area contributed by atoms with Crippen LogP contribution in [0.5, 0.6) is 0 Å². The molecule has 2 atom stereocenters. The third-order valence-electron chi connectivity index (χ3n) is 1.89. The molecule has 0 radical (unpaired) electrons. The van der Waals surface area contributed by atoms with Crippen molar-refractivity contribution >= 4 is 18.4 Å². The lowest BCUT2D eigenvalue weighted by Crippen LogP contribution is -2.33. The molecule has 0 spiro atoms. The molecule has 92 valence electrons. The highest BCUT2D eigenvalue weighted by Gasteiger charge is 2.17. The number of aliphatic hydroxyl groups is 1. The number of aldehydes is 2. The minimum atomic E-state index is -1.34. The van der Waals surface area contributed by atoms with Crippen LogP contribution in [-0.2, 0) is 14.3 Å². The third-order valence-corrected chi connectivity index (χ3v) is 1.89. The van der Waals surface area contributed by atoms with E-state index in [2.05, 4.69) is 4.98 Å². The molecule has 0 aliphatic rings. The first-order valence-electron chi connectivity index (χ1n) is 4.64. The van der Waals surface area contributed by atoms with Gasteiger partial charge in [-0.25, -0.2) is 4.79 Å². The molecule has 0 fully saturated rings. The molecular formula is C9H11N3O5. The summed E-state index contributed by atoms with van der Waals surface area (Å²) in [6.45, 7) is -0.592. The average Bonchev–Trinajstić information content (AvgIpc) is 2.32. The minimum absolute atomic E-state index is 0.00462. The Morgan fingerprint density at radius 2 is 2.24 bits per heavy atom. The van der Waals surface area contributed by atoms with Gasteiger partial charge in [0.1, 0.15) is 11.9 Å². The van der Waals surface area contributed by atoms with Gasteiger partial charge in [-0.05, 0) is 6.07 Å². The van der Waals surface area contributed by atoms with Crippen molar-refractivity contribution in [3.63, 3.8) is 0 Å². The molecular weight excluding hydrogens is 230 g/mol. The number of ether oxygens (including phenoxy) is 1. The summed E-state index contributed by atoms with van der Waals surface area (Å²) in [5.41, 5.74) is 4.49. The van der Waals surface area contributed by atoms with E-state index in [0.29, 0.717) is 12.6 Å². The zero-order valence-electron chi connectivity index (χ0n) is 8.72. The van der Waals surface area contributed by atoms with Crippen LogP contribution in [0.1, 0.15) is 6.23 Å². The summed E-state index contributed by atoms with van der Waals surface area (Å²) in [4.78, 5) is 36.0. The van der Waals surface area contributed by atoms with Gasteiger partial charge >= 0.3 is 5.69 Å². The summed E-state index contributed by atoms with van der Waals surface area (Å²) in [6.07, 6.45) is -0.673. The zero-order chi connectivity index (χ0) is 12.8. The fraction of sp³-hybridized carbons (Fsp3) is 0.333. The normalized spacial score (nSPS) is 13.9. The van der Waals surface area contributed by atoms with Crippen LogP contribution in [0, 0.1) is 0 Å². The topological polar surface area (TPSA) is 125 Å². The Labute approximate surface area is 95.6 Å². The first-order chi connectivity index (χ1) is 8.12. The molecule has 0 aliphatic carbocycles. The van der Waals surface area contributed by atoms with Crippen molar-refractivity contribution in [2.45, 2.75) is 12.3 Å². The Hall–Kier alpha value is -2.06. The molecule has 1 heterocycles. The first kappa shape index (κ1) is 13.0. The van der Waals surface area contributed by atoms with Crippen LogP contribution in [0.3, 0.4) is 0 Å². The summed E-state index contributed by atoms with van der Waals surface area (Å²) in [7, 11) is 0. The largest absolute Gasteiger partial charge is 0.393 e. The highest BCUT2D eigenvalue weighted by Crippen LogP contribution is 2.05. The van der Waals surface area contributed by atoms with Gasteiger partial charge in [0.05, 0.1) is 6.61 Å². The van der Waals surface area contributed by atoms with Gasteiger partial charge in [-0.3, -0.25) is 9.36 Å². The maximum Gasteiger partial charge on any atom is 0.351 e. The molecule has 8 nitrogen and oxygen atoms in total. The van der Waals surface area contributed by atoms with Crippen LogP contribution in [0.4, 0.5) is 5.82 Å². The van der Waals surface area contributed by atoms with E-state index >= 15 is 0 Å². The lowest BCUT2D eigenvalue weighted by atomic mass is 10.4. The second-order valence-electron chi connectivity index (χ2n) is 3.06. The Bertz CT molecular complexity index is 458. The summed E-state index contributed by atoms with van der Waals surface area (Å²) in [6, 6.07) is 1.30. The lowest BCUT2D eigenvalue weighted by molar-refractivity contribution is -0.140. The van der Waals surface area contributed by atoms with Gasteiger partial charge < -0.3 is 20.4 Å². The van der Waals surface area contributed by atoms with E-state index in [1.807, 2.05) is 0 Å². The highest BCUT2D eigenvalue weighted by atomic mass is 16.5. The number of hydrogen-bond donors (Lipinski definition) is 2. The number of aliphatic hydroxyl groups excluding tert-OH is 1. The van der Waals surface area contributed by atoms with Gasteiger partial charge in [0.15, 0.2) is 18.8 Å².